The molecule has 1 aliphatic heterocycles. The highest BCUT2D eigenvalue weighted by Gasteiger charge is 2.50. The van der Waals surface area contributed by atoms with Gasteiger partial charge in [-0.05, 0) is 19.8 Å². The van der Waals surface area contributed by atoms with Crippen LogP contribution in [-0.2, 0) is 10.0 Å². The minimum Gasteiger partial charge on any atom is -0.478 e. The zero-order valence-electron chi connectivity index (χ0n) is 12.4. The predicted octanol–water partition coefficient (Wildman–Crippen LogP) is 1.60. The maximum absolute atomic E-state index is 12.5. The molecule has 23 heavy (non-hydrogen) atoms. The van der Waals surface area contributed by atoms with Crippen molar-refractivity contribution in [3.05, 3.63) is 12.4 Å². The van der Waals surface area contributed by atoms with E-state index >= 15 is 0 Å². The first-order valence-corrected chi connectivity index (χ1v) is 8.46. The van der Waals surface area contributed by atoms with Crippen molar-refractivity contribution in [3.8, 4) is 5.88 Å². The number of ether oxygens (including phenoxy) is 1. The largest absolute Gasteiger partial charge is 0.511 e. The van der Waals surface area contributed by atoms with Gasteiger partial charge in [0.2, 0.25) is 5.88 Å². The first-order chi connectivity index (χ1) is 10.7. The number of halogens is 3. The molecule has 2 heterocycles. The van der Waals surface area contributed by atoms with E-state index in [1.807, 2.05) is 6.92 Å². The van der Waals surface area contributed by atoms with Crippen LogP contribution in [0.25, 0.3) is 0 Å². The van der Waals surface area contributed by atoms with Crippen LogP contribution < -0.4 is 10.1 Å². The minimum atomic E-state index is -5.26. The van der Waals surface area contributed by atoms with Gasteiger partial charge in [-0.25, -0.2) is 18.4 Å². The Morgan fingerprint density at radius 2 is 2.00 bits per heavy atom. The molecule has 1 fully saturated rings. The average Bonchev–Trinajstić information content (AvgIpc) is 2.47. The van der Waals surface area contributed by atoms with Crippen molar-refractivity contribution in [3.63, 3.8) is 0 Å². The number of nitrogens with one attached hydrogen (secondary N) is 1. The summed E-state index contributed by atoms with van der Waals surface area (Å²) >= 11 is 0. The summed E-state index contributed by atoms with van der Waals surface area (Å²) in [5, 5.41) is 3.06. The van der Waals surface area contributed by atoms with E-state index in [-0.39, 0.29) is 32.0 Å². The van der Waals surface area contributed by atoms with Crippen LogP contribution in [0.15, 0.2) is 12.4 Å². The third-order valence-corrected chi connectivity index (χ3v) is 5.00. The van der Waals surface area contributed by atoms with Crippen molar-refractivity contribution in [1.82, 2.24) is 14.3 Å². The summed E-state index contributed by atoms with van der Waals surface area (Å²) in [5.41, 5.74) is -5.26. The van der Waals surface area contributed by atoms with E-state index in [0.717, 1.165) is 0 Å². The number of piperidine rings is 1. The van der Waals surface area contributed by atoms with Crippen LogP contribution in [0, 0.1) is 0 Å². The third-order valence-electron chi connectivity index (χ3n) is 3.37. The summed E-state index contributed by atoms with van der Waals surface area (Å²) in [6.45, 7) is 1.88. The summed E-state index contributed by atoms with van der Waals surface area (Å²) in [4.78, 5) is 7.92. The van der Waals surface area contributed by atoms with Gasteiger partial charge in [-0.1, -0.05) is 0 Å². The molecule has 0 radical (unpaired) electrons. The van der Waals surface area contributed by atoms with E-state index in [1.165, 1.54) is 6.33 Å². The Hall–Kier alpha value is -1.62. The van der Waals surface area contributed by atoms with Crippen molar-refractivity contribution < 1.29 is 26.3 Å². The van der Waals surface area contributed by atoms with E-state index in [0.29, 0.717) is 22.6 Å². The maximum atomic E-state index is 12.5. The Labute approximate surface area is 131 Å². The molecule has 1 N–H and O–H groups in total. The number of aromatic nitrogens is 2. The fraction of sp³-hybridized carbons (Fsp3) is 0.667. The van der Waals surface area contributed by atoms with Gasteiger partial charge in [0.05, 0.1) is 6.61 Å². The SMILES string of the molecule is CCOc1cc(NC2CCN(S(=O)(=O)C(F)(F)F)CC2)ncn1. The molecule has 0 aliphatic carbocycles. The molecule has 0 aromatic carbocycles. The highest BCUT2D eigenvalue weighted by Crippen LogP contribution is 2.29. The summed E-state index contributed by atoms with van der Waals surface area (Å²) in [5.74, 6) is 0.877. The normalized spacial score (nSPS) is 17.9. The van der Waals surface area contributed by atoms with Crippen molar-refractivity contribution in [2.24, 2.45) is 0 Å². The Balaban J connectivity index is 1.94. The molecule has 1 saturated heterocycles. The van der Waals surface area contributed by atoms with E-state index in [4.69, 9.17) is 4.74 Å². The van der Waals surface area contributed by atoms with E-state index in [9.17, 15) is 21.6 Å². The van der Waals surface area contributed by atoms with Crippen LogP contribution in [0.3, 0.4) is 0 Å². The molecule has 11 heteroatoms. The van der Waals surface area contributed by atoms with Crippen molar-refractivity contribution in [1.29, 1.82) is 0 Å². The van der Waals surface area contributed by atoms with Gasteiger partial charge in [0.15, 0.2) is 0 Å². The molecule has 2 rings (SSSR count). The number of alkyl halides is 3. The lowest BCUT2D eigenvalue weighted by atomic mass is 10.1. The molecule has 0 bridgehead atoms. The second-order valence-corrected chi connectivity index (χ2v) is 6.87. The number of sulfonamides is 1. The van der Waals surface area contributed by atoms with Gasteiger partial charge in [0, 0.05) is 25.2 Å². The molecule has 0 spiro atoms. The molecule has 1 aliphatic rings. The fourth-order valence-electron chi connectivity index (χ4n) is 2.24. The Morgan fingerprint density at radius 1 is 1.35 bits per heavy atom. The zero-order valence-corrected chi connectivity index (χ0v) is 13.2. The molecule has 0 unspecified atom stereocenters. The number of anilines is 1. The molecule has 7 nitrogen and oxygen atoms in total. The predicted molar refractivity (Wildman–Crippen MR) is 76.4 cm³/mol. The molecular weight excluding hydrogens is 337 g/mol. The van der Waals surface area contributed by atoms with E-state index < -0.39 is 15.5 Å². The third kappa shape index (κ3) is 4.22. The minimum absolute atomic E-state index is 0.168. The van der Waals surface area contributed by atoms with Gasteiger partial charge in [0.1, 0.15) is 12.1 Å². The number of rotatable bonds is 5. The lowest BCUT2D eigenvalue weighted by molar-refractivity contribution is -0.0494. The second kappa shape index (κ2) is 6.87. The average molecular weight is 354 g/mol. The molecule has 0 saturated carbocycles. The maximum Gasteiger partial charge on any atom is 0.511 e. The Bertz CT molecular complexity index is 631. The van der Waals surface area contributed by atoms with Crippen molar-refractivity contribution in [2.75, 3.05) is 25.0 Å². The Morgan fingerprint density at radius 3 is 2.57 bits per heavy atom. The number of nitrogens with zero attached hydrogens (tertiary/aromatic N) is 3. The van der Waals surface area contributed by atoms with Crippen molar-refractivity contribution in [2.45, 2.75) is 31.3 Å². The van der Waals surface area contributed by atoms with Crippen LogP contribution in [0.5, 0.6) is 5.88 Å². The zero-order chi connectivity index (χ0) is 17.1. The quantitative estimate of drug-likeness (QED) is 0.865. The van der Waals surface area contributed by atoms with Gasteiger partial charge in [-0.3, -0.25) is 0 Å². The van der Waals surface area contributed by atoms with Gasteiger partial charge in [-0.15, -0.1) is 0 Å². The van der Waals surface area contributed by atoms with Gasteiger partial charge in [-0.2, -0.15) is 17.5 Å². The summed E-state index contributed by atoms with van der Waals surface area (Å²) in [6, 6.07) is 1.42. The summed E-state index contributed by atoms with van der Waals surface area (Å²) in [7, 11) is -5.25. The highest BCUT2D eigenvalue weighted by atomic mass is 32.2. The standard InChI is InChI=1S/C12H17F3N4O3S/c1-2-22-11-7-10(16-8-17-11)18-9-3-5-19(6-4-9)23(20,21)12(13,14)15/h7-9H,2-6H2,1H3,(H,16,17,18). The highest BCUT2D eigenvalue weighted by molar-refractivity contribution is 7.90. The lowest BCUT2D eigenvalue weighted by Gasteiger charge is -2.32. The van der Waals surface area contributed by atoms with Crippen LogP contribution in [0.2, 0.25) is 0 Å². The molecule has 130 valence electrons. The monoisotopic (exact) mass is 354 g/mol. The molecule has 1 aromatic rings. The summed E-state index contributed by atoms with van der Waals surface area (Å²) in [6.07, 6.45) is 1.82. The molecule has 1 aromatic heterocycles. The van der Waals surface area contributed by atoms with Crippen LogP contribution >= 0.6 is 0 Å². The molecular formula is C12H17F3N4O3S. The topological polar surface area (TPSA) is 84.4 Å². The van der Waals surface area contributed by atoms with Crippen molar-refractivity contribution >= 4 is 15.8 Å². The first-order valence-electron chi connectivity index (χ1n) is 7.02. The lowest BCUT2D eigenvalue weighted by Crippen LogP contribution is -2.47. The van der Waals surface area contributed by atoms with E-state index in [1.54, 1.807) is 6.07 Å². The number of hydrogen-bond acceptors (Lipinski definition) is 6. The van der Waals surface area contributed by atoms with E-state index in [2.05, 4.69) is 15.3 Å². The first kappa shape index (κ1) is 17.7. The van der Waals surface area contributed by atoms with Gasteiger partial charge >= 0.3 is 15.5 Å². The molecule has 0 amide bonds. The van der Waals surface area contributed by atoms with Crippen LogP contribution in [0.1, 0.15) is 19.8 Å². The fourth-order valence-corrected chi connectivity index (χ4v) is 3.23. The second-order valence-electron chi connectivity index (χ2n) is 4.94. The van der Waals surface area contributed by atoms with Crippen LogP contribution in [-0.4, -0.2) is 53.9 Å². The molecule has 0 atom stereocenters. The van der Waals surface area contributed by atoms with Gasteiger partial charge < -0.3 is 10.1 Å². The Kier molecular flexibility index (Phi) is 5.30. The van der Waals surface area contributed by atoms with Gasteiger partial charge in [0.25, 0.3) is 0 Å². The number of hydrogen-bond donors (Lipinski definition) is 1. The van der Waals surface area contributed by atoms with Crippen LogP contribution in [0.4, 0.5) is 19.0 Å². The smallest absolute Gasteiger partial charge is 0.478 e. The summed E-state index contributed by atoms with van der Waals surface area (Å²) < 4.78 is 65.9.